The van der Waals surface area contributed by atoms with E-state index in [9.17, 15) is 8.42 Å². The van der Waals surface area contributed by atoms with Crippen LogP contribution in [0.1, 0.15) is 18.3 Å². The lowest BCUT2D eigenvalue weighted by Gasteiger charge is -2.11. The second-order valence-corrected chi connectivity index (χ2v) is 6.39. The summed E-state index contributed by atoms with van der Waals surface area (Å²) in [6.07, 6.45) is 0. The van der Waals surface area contributed by atoms with E-state index < -0.39 is 10.0 Å². The van der Waals surface area contributed by atoms with Gasteiger partial charge in [-0.25, -0.2) is 8.42 Å². The van der Waals surface area contributed by atoms with Crippen molar-refractivity contribution in [1.82, 2.24) is 9.78 Å². The molecule has 5 nitrogen and oxygen atoms in total. The van der Waals surface area contributed by atoms with Gasteiger partial charge < -0.3 is 0 Å². The minimum absolute atomic E-state index is 0.0181. The summed E-state index contributed by atoms with van der Waals surface area (Å²) in [5.74, 6) is 0.266. The Balaban J connectivity index is 2.91. The number of aryl methyl sites for hydroxylation is 2. The van der Waals surface area contributed by atoms with Gasteiger partial charge in [0.05, 0.1) is 22.8 Å². The molecule has 0 aliphatic heterocycles. The number of sulfonamides is 1. The Morgan fingerprint density at radius 2 is 2.06 bits per heavy atom. The monoisotopic (exact) mass is 279 g/mol. The van der Waals surface area contributed by atoms with Crippen LogP contribution in [0.15, 0.2) is 0 Å². The summed E-state index contributed by atoms with van der Waals surface area (Å²) in [7, 11) is -1.59. The predicted octanol–water partition coefficient (Wildman–Crippen LogP) is 1.65. The fourth-order valence-electron chi connectivity index (χ4n) is 1.54. The summed E-state index contributed by atoms with van der Waals surface area (Å²) >= 11 is 5.62. The van der Waals surface area contributed by atoms with Crippen molar-refractivity contribution in [1.29, 1.82) is 0 Å². The van der Waals surface area contributed by atoms with Crippen molar-refractivity contribution >= 4 is 27.3 Å². The highest BCUT2D eigenvalue weighted by Crippen LogP contribution is 2.20. The number of aromatic nitrogens is 2. The van der Waals surface area contributed by atoms with Gasteiger partial charge in [0.25, 0.3) is 0 Å². The summed E-state index contributed by atoms with van der Waals surface area (Å²) in [5, 5.41) is 4.16. The van der Waals surface area contributed by atoms with E-state index in [1.54, 1.807) is 25.6 Å². The van der Waals surface area contributed by atoms with Crippen molar-refractivity contribution in [3.05, 3.63) is 11.4 Å². The Hall–Kier alpha value is -0.750. The van der Waals surface area contributed by atoms with Gasteiger partial charge in [-0.1, -0.05) is 6.92 Å². The summed E-state index contributed by atoms with van der Waals surface area (Å²) < 4.78 is 28.0. The molecular weight excluding hydrogens is 262 g/mol. The van der Waals surface area contributed by atoms with Crippen LogP contribution in [0.4, 0.5) is 5.69 Å². The standard InChI is InChI=1S/C10H18ClN3O2S/c1-7(5-11)6-17(15,16)13-10-8(2)12-14(4)9(10)3/h7,13H,5-6H2,1-4H3. The van der Waals surface area contributed by atoms with Crippen LogP contribution in [0.3, 0.4) is 0 Å². The molecule has 0 bridgehead atoms. The minimum atomic E-state index is -3.37. The molecule has 0 aromatic carbocycles. The minimum Gasteiger partial charge on any atom is -0.280 e. The number of rotatable bonds is 5. The smallest absolute Gasteiger partial charge is 0.233 e. The van der Waals surface area contributed by atoms with Gasteiger partial charge in [0.2, 0.25) is 10.0 Å². The lowest BCUT2D eigenvalue weighted by atomic mass is 10.3. The van der Waals surface area contributed by atoms with Crippen LogP contribution < -0.4 is 4.72 Å². The molecule has 0 amide bonds. The highest BCUT2D eigenvalue weighted by Gasteiger charge is 2.19. The molecule has 1 aromatic heterocycles. The van der Waals surface area contributed by atoms with Gasteiger partial charge in [0.15, 0.2) is 0 Å². The van der Waals surface area contributed by atoms with Gasteiger partial charge >= 0.3 is 0 Å². The van der Waals surface area contributed by atoms with Crippen molar-refractivity contribution in [3.8, 4) is 0 Å². The molecule has 1 aromatic rings. The first kappa shape index (κ1) is 14.3. The first-order valence-electron chi connectivity index (χ1n) is 5.33. The Morgan fingerprint density at radius 1 is 1.47 bits per heavy atom. The molecule has 17 heavy (non-hydrogen) atoms. The van der Waals surface area contributed by atoms with Gasteiger partial charge in [-0.15, -0.1) is 11.6 Å². The van der Waals surface area contributed by atoms with Crippen molar-refractivity contribution in [2.75, 3.05) is 16.4 Å². The molecule has 1 heterocycles. The second-order valence-electron chi connectivity index (χ2n) is 4.31. The maximum atomic E-state index is 11.9. The van der Waals surface area contributed by atoms with Crippen molar-refractivity contribution in [3.63, 3.8) is 0 Å². The molecule has 98 valence electrons. The zero-order valence-electron chi connectivity index (χ0n) is 10.5. The van der Waals surface area contributed by atoms with E-state index in [0.29, 0.717) is 17.3 Å². The van der Waals surface area contributed by atoms with E-state index in [4.69, 9.17) is 11.6 Å². The number of halogens is 1. The first-order valence-corrected chi connectivity index (χ1v) is 7.52. The number of alkyl halides is 1. The van der Waals surface area contributed by atoms with Crippen molar-refractivity contribution in [2.45, 2.75) is 20.8 Å². The molecule has 0 spiro atoms. The molecule has 7 heteroatoms. The van der Waals surface area contributed by atoms with Gasteiger partial charge in [0, 0.05) is 12.9 Å². The van der Waals surface area contributed by atoms with E-state index in [1.165, 1.54) is 0 Å². The molecule has 0 radical (unpaired) electrons. The molecule has 0 aliphatic carbocycles. The lowest BCUT2D eigenvalue weighted by molar-refractivity contribution is 0.588. The van der Waals surface area contributed by atoms with E-state index in [2.05, 4.69) is 9.82 Å². The largest absolute Gasteiger partial charge is 0.280 e. The second kappa shape index (κ2) is 5.27. The molecule has 1 N–H and O–H groups in total. The number of hydrogen-bond acceptors (Lipinski definition) is 3. The average Bonchev–Trinajstić information content (AvgIpc) is 2.44. The third kappa shape index (κ3) is 3.61. The normalized spacial score (nSPS) is 13.7. The van der Waals surface area contributed by atoms with Crippen LogP contribution in [0.5, 0.6) is 0 Å². The van der Waals surface area contributed by atoms with E-state index >= 15 is 0 Å². The molecule has 0 fully saturated rings. The Bertz CT molecular complexity index is 496. The Kier molecular flexibility index (Phi) is 4.43. The van der Waals surface area contributed by atoms with Crippen LogP contribution in [-0.2, 0) is 17.1 Å². The number of nitrogens with one attached hydrogen (secondary N) is 1. The third-order valence-electron chi connectivity index (χ3n) is 2.53. The van der Waals surface area contributed by atoms with Gasteiger partial charge in [0.1, 0.15) is 0 Å². The molecule has 1 rings (SSSR count). The maximum absolute atomic E-state index is 11.9. The highest BCUT2D eigenvalue weighted by molar-refractivity contribution is 7.92. The van der Waals surface area contributed by atoms with Gasteiger partial charge in [-0.3, -0.25) is 9.40 Å². The number of hydrogen-bond donors (Lipinski definition) is 1. The topological polar surface area (TPSA) is 64.0 Å². The molecule has 1 atom stereocenters. The number of nitrogens with zero attached hydrogens (tertiary/aromatic N) is 2. The fourth-order valence-corrected chi connectivity index (χ4v) is 3.33. The Morgan fingerprint density at radius 3 is 2.47 bits per heavy atom. The summed E-state index contributed by atoms with van der Waals surface area (Å²) in [5.41, 5.74) is 2.03. The fraction of sp³-hybridized carbons (Fsp3) is 0.700. The molecule has 0 aliphatic rings. The predicted molar refractivity (Wildman–Crippen MR) is 70.0 cm³/mol. The van der Waals surface area contributed by atoms with Crippen molar-refractivity contribution < 1.29 is 8.42 Å². The van der Waals surface area contributed by atoms with Gasteiger partial charge in [-0.05, 0) is 19.8 Å². The summed E-state index contributed by atoms with van der Waals surface area (Å²) in [6.45, 7) is 5.40. The maximum Gasteiger partial charge on any atom is 0.233 e. The summed E-state index contributed by atoms with van der Waals surface area (Å²) in [6, 6.07) is 0. The van der Waals surface area contributed by atoms with Crippen LogP contribution in [-0.4, -0.2) is 29.8 Å². The van der Waals surface area contributed by atoms with Crippen LogP contribution in [0.2, 0.25) is 0 Å². The zero-order valence-corrected chi connectivity index (χ0v) is 12.1. The molecular formula is C10H18ClN3O2S. The number of anilines is 1. The molecule has 1 unspecified atom stereocenters. The van der Waals surface area contributed by atoms with E-state index in [1.807, 2.05) is 6.92 Å². The van der Waals surface area contributed by atoms with Crippen LogP contribution in [0.25, 0.3) is 0 Å². The SMILES string of the molecule is Cc1nn(C)c(C)c1NS(=O)(=O)CC(C)CCl. The average molecular weight is 280 g/mol. The summed E-state index contributed by atoms with van der Waals surface area (Å²) in [4.78, 5) is 0. The molecule has 0 saturated heterocycles. The quantitative estimate of drug-likeness (QED) is 0.834. The van der Waals surface area contributed by atoms with Crippen LogP contribution in [0, 0.1) is 19.8 Å². The third-order valence-corrected chi connectivity index (χ3v) is 4.58. The Labute approximate surface area is 107 Å². The van der Waals surface area contributed by atoms with E-state index in [0.717, 1.165) is 5.69 Å². The van der Waals surface area contributed by atoms with E-state index in [-0.39, 0.29) is 11.7 Å². The first-order chi connectivity index (χ1) is 7.76. The van der Waals surface area contributed by atoms with Crippen molar-refractivity contribution in [2.24, 2.45) is 13.0 Å². The highest BCUT2D eigenvalue weighted by atomic mass is 35.5. The lowest BCUT2D eigenvalue weighted by Crippen LogP contribution is -2.22. The zero-order chi connectivity index (χ0) is 13.2. The van der Waals surface area contributed by atoms with Gasteiger partial charge in [-0.2, -0.15) is 5.10 Å². The van der Waals surface area contributed by atoms with Crippen LogP contribution >= 0.6 is 11.6 Å². The molecule has 0 saturated carbocycles.